The minimum Gasteiger partial charge on any atom is -0.314 e. The summed E-state index contributed by atoms with van der Waals surface area (Å²) in [5, 5.41) is 3.51. The molecule has 1 aromatic carbocycles. The van der Waals surface area contributed by atoms with E-state index in [0.717, 1.165) is 13.1 Å². The van der Waals surface area contributed by atoms with Gasteiger partial charge in [0.25, 0.3) is 0 Å². The molecule has 1 aliphatic heterocycles. The van der Waals surface area contributed by atoms with E-state index < -0.39 is 0 Å². The topological polar surface area (TPSA) is 15.3 Å². The fraction of sp³-hybridized carbons (Fsp3) is 0.714. The molecule has 2 rings (SSSR count). The summed E-state index contributed by atoms with van der Waals surface area (Å²) in [6.45, 7) is 18.5. The predicted octanol–water partition coefficient (Wildman–Crippen LogP) is 4.76. The van der Waals surface area contributed by atoms with E-state index in [1.165, 1.54) is 66.6 Å². The quantitative estimate of drug-likeness (QED) is 0.762. The second-order valence-electron chi connectivity index (χ2n) is 7.34. The highest BCUT2D eigenvalue weighted by Crippen LogP contribution is 2.36. The van der Waals surface area contributed by atoms with Gasteiger partial charge in [0.2, 0.25) is 0 Å². The second-order valence-corrected chi connectivity index (χ2v) is 7.34. The van der Waals surface area contributed by atoms with Gasteiger partial charge in [-0.05, 0) is 74.4 Å². The molecule has 0 amide bonds. The molecule has 1 fully saturated rings. The standard InChI is InChI=1S/C21H36N2/c1-7-8-9-10-20(23-13-11-22-12-14-23)21-18(5)16(3)15(2)17(4)19(21)6/h20,22H,7-14H2,1-6H3/t20-/m1/s1. The van der Waals surface area contributed by atoms with Gasteiger partial charge >= 0.3 is 0 Å². The van der Waals surface area contributed by atoms with Gasteiger partial charge in [-0.1, -0.05) is 26.2 Å². The molecule has 1 saturated heterocycles. The maximum atomic E-state index is 3.51. The summed E-state index contributed by atoms with van der Waals surface area (Å²) in [4.78, 5) is 2.73. The molecular formula is C21H36N2. The Morgan fingerprint density at radius 3 is 1.87 bits per heavy atom. The van der Waals surface area contributed by atoms with Crippen LogP contribution in [0.2, 0.25) is 0 Å². The van der Waals surface area contributed by atoms with Crippen LogP contribution in [-0.4, -0.2) is 31.1 Å². The van der Waals surface area contributed by atoms with Crippen molar-refractivity contribution in [1.82, 2.24) is 10.2 Å². The van der Waals surface area contributed by atoms with E-state index in [2.05, 4.69) is 51.8 Å². The number of rotatable bonds is 6. The highest BCUT2D eigenvalue weighted by atomic mass is 15.2. The molecule has 0 bridgehead atoms. The first-order valence-corrected chi connectivity index (χ1v) is 9.50. The number of hydrogen-bond donors (Lipinski definition) is 1. The molecule has 1 atom stereocenters. The molecule has 2 heteroatoms. The maximum absolute atomic E-state index is 3.51. The van der Waals surface area contributed by atoms with Crippen LogP contribution < -0.4 is 5.32 Å². The zero-order valence-electron chi connectivity index (χ0n) is 16.2. The summed E-state index contributed by atoms with van der Waals surface area (Å²) >= 11 is 0. The molecule has 1 aromatic rings. The molecule has 0 saturated carbocycles. The summed E-state index contributed by atoms with van der Waals surface area (Å²) in [7, 11) is 0. The Morgan fingerprint density at radius 1 is 0.826 bits per heavy atom. The van der Waals surface area contributed by atoms with E-state index in [9.17, 15) is 0 Å². The van der Waals surface area contributed by atoms with Gasteiger partial charge in [0, 0.05) is 32.2 Å². The van der Waals surface area contributed by atoms with Gasteiger partial charge in [-0.15, -0.1) is 0 Å². The number of benzene rings is 1. The third-order valence-electron chi connectivity index (χ3n) is 6.06. The van der Waals surface area contributed by atoms with E-state index in [-0.39, 0.29) is 0 Å². The van der Waals surface area contributed by atoms with E-state index in [1.54, 1.807) is 5.56 Å². The third-order valence-corrected chi connectivity index (χ3v) is 6.06. The molecule has 1 aliphatic rings. The molecule has 1 heterocycles. The van der Waals surface area contributed by atoms with Crippen LogP contribution >= 0.6 is 0 Å². The molecule has 2 nitrogen and oxygen atoms in total. The summed E-state index contributed by atoms with van der Waals surface area (Å²) in [6.07, 6.45) is 5.30. The second kappa shape index (κ2) is 8.30. The van der Waals surface area contributed by atoms with Crippen LogP contribution in [0.3, 0.4) is 0 Å². The average molecular weight is 317 g/mol. The smallest absolute Gasteiger partial charge is 0.0354 e. The van der Waals surface area contributed by atoms with Crippen LogP contribution in [0.15, 0.2) is 0 Å². The number of unbranched alkanes of at least 4 members (excludes halogenated alkanes) is 2. The van der Waals surface area contributed by atoms with Crippen LogP contribution in [0.1, 0.15) is 72.0 Å². The summed E-state index contributed by atoms with van der Waals surface area (Å²) in [5.74, 6) is 0. The number of nitrogens with zero attached hydrogens (tertiary/aromatic N) is 1. The van der Waals surface area contributed by atoms with E-state index in [1.807, 2.05) is 0 Å². The number of piperazine rings is 1. The monoisotopic (exact) mass is 316 g/mol. The van der Waals surface area contributed by atoms with Crippen molar-refractivity contribution in [1.29, 1.82) is 0 Å². The van der Waals surface area contributed by atoms with E-state index in [4.69, 9.17) is 0 Å². The van der Waals surface area contributed by atoms with Crippen molar-refractivity contribution in [3.63, 3.8) is 0 Å². The molecule has 130 valence electrons. The zero-order chi connectivity index (χ0) is 17.0. The molecule has 23 heavy (non-hydrogen) atoms. The molecule has 0 spiro atoms. The Kier molecular flexibility index (Phi) is 6.67. The summed E-state index contributed by atoms with van der Waals surface area (Å²) in [6, 6.07) is 0.599. The molecule has 0 unspecified atom stereocenters. The predicted molar refractivity (Wildman–Crippen MR) is 101 cm³/mol. The van der Waals surface area contributed by atoms with Crippen molar-refractivity contribution in [2.24, 2.45) is 0 Å². The fourth-order valence-corrected chi connectivity index (χ4v) is 4.12. The highest BCUT2D eigenvalue weighted by Gasteiger charge is 2.26. The van der Waals surface area contributed by atoms with Crippen LogP contribution in [-0.2, 0) is 0 Å². The molecule has 0 radical (unpaired) electrons. The van der Waals surface area contributed by atoms with Crippen molar-refractivity contribution in [2.75, 3.05) is 26.2 Å². The molecule has 1 N–H and O–H groups in total. The Labute approximate surface area is 143 Å². The maximum Gasteiger partial charge on any atom is 0.0354 e. The van der Waals surface area contributed by atoms with Gasteiger partial charge in [-0.3, -0.25) is 4.90 Å². The Balaban J connectivity index is 2.41. The van der Waals surface area contributed by atoms with Crippen LogP contribution in [0.5, 0.6) is 0 Å². The lowest BCUT2D eigenvalue weighted by molar-refractivity contribution is 0.161. The van der Waals surface area contributed by atoms with Crippen molar-refractivity contribution in [3.05, 3.63) is 33.4 Å². The van der Waals surface area contributed by atoms with Gasteiger partial charge in [0.05, 0.1) is 0 Å². The Hall–Kier alpha value is -0.860. The van der Waals surface area contributed by atoms with Gasteiger partial charge < -0.3 is 5.32 Å². The number of nitrogens with one attached hydrogen (secondary N) is 1. The van der Waals surface area contributed by atoms with Gasteiger partial charge in [-0.2, -0.15) is 0 Å². The average Bonchev–Trinajstić information content (AvgIpc) is 2.58. The lowest BCUT2D eigenvalue weighted by Crippen LogP contribution is -2.45. The van der Waals surface area contributed by atoms with Crippen LogP contribution in [0.4, 0.5) is 0 Å². The van der Waals surface area contributed by atoms with Gasteiger partial charge in [0.1, 0.15) is 0 Å². The molecule has 0 aliphatic carbocycles. The van der Waals surface area contributed by atoms with Crippen molar-refractivity contribution < 1.29 is 0 Å². The third kappa shape index (κ3) is 3.97. The van der Waals surface area contributed by atoms with Crippen molar-refractivity contribution >= 4 is 0 Å². The summed E-state index contributed by atoms with van der Waals surface area (Å²) < 4.78 is 0. The minimum atomic E-state index is 0.599. The first-order chi connectivity index (χ1) is 11.0. The van der Waals surface area contributed by atoms with E-state index >= 15 is 0 Å². The summed E-state index contributed by atoms with van der Waals surface area (Å²) in [5.41, 5.74) is 9.17. The Bertz CT molecular complexity index is 498. The van der Waals surface area contributed by atoms with Gasteiger partial charge in [0.15, 0.2) is 0 Å². The highest BCUT2D eigenvalue weighted by molar-refractivity contribution is 5.50. The molecular weight excluding hydrogens is 280 g/mol. The van der Waals surface area contributed by atoms with Crippen molar-refractivity contribution in [2.45, 2.75) is 73.3 Å². The number of hydrogen-bond acceptors (Lipinski definition) is 2. The SMILES string of the molecule is CCCCC[C@H](c1c(C)c(C)c(C)c(C)c1C)N1CCNCC1. The van der Waals surface area contributed by atoms with E-state index in [0.29, 0.717) is 6.04 Å². The van der Waals surface area contributed by atoms with Crippen LogP contribution in [0, 0.1) is 34.6 Å². The van der Waals surface area contributed by atoms with Crippen molar-refractivity contribution in [3.8, 4) is 0 Å². The fourth-order valence-electron chi connectivity index (χ4n) is 4.12. The lowest BCUT2D eigenvalue weighted by Gasteiger charge is -2.38. The van der Waals surface area contributed by atoms with Crippen LogP contribution in [0.25, 0.3) is 0 Å². The Morgan fingerprint density at radius 2 is 1.35 bits per heavy atom. The minimum absolute atomic E-state index is 0.599. The zero-order valence-corrected chi connectivity index (χ0v) is 16.2. The van der Waals surface area contributed by atoms with Gasteiger partial charge in [-0.25, -0.2) is 0 Å². The first-order valence-electron chi connectivity index (χ1n) is 9.50. The lowest BCUT2D eigenvalue weighted by atomic mass is 9.84. The first kappa shape index (κ1) is 18.5. The normalized spacial score (nSPS) is 17.5. The molecule has 0 aromatic heterocycles. The largest absolute Gasteiger partial charge is 0.314 e.